The smallest absolute Gasteiger partial charge is 0.325 e. The van der Waals surface area contributed by atoms with Gasteiger partial charge in [-0.1, -0.05) is 20.8 Å². The summed E-state index contributed by atoms with van der Waals surface area (Å²) >= 11 is 0. The summed E-state index contributed by atoms with van der Waals surface area (Å²) in [5.41, 5.74) is 1.22. The molecule has 0 fully saturated rings. The molecule has 0 bridgehead atoms. The maximum absolute atomic E-state index is 11.2. The molecule has 1 unspecified atom stereocenters. The normalized spacial score (nSPS) is 12.7. The molecule has 0 saturated heterocycles. The highest BCUT2D eigenvalue weighted by molar-refractivity contribution is 5.68. The molecule has 0 spiro atoms. The maximum Gasteiger partial charge on any atom is 0.325 e. The molecule has 1 aromatic rings. The fraction of sp³-hybridized carbons (Fsp3) is 0.643. The molecule has 0 aliphatic heterocycles. The Hall–Kier alpha value is -1.29. The van der Waals surface area contributed by atoms with Crippen molar-refractivity contribution < 1.29 is 9.53 Å². The number of hydrogen-bond acceptors (Lipinski definition) is 3. The SMILES string of the molecule is CCCNC(c1ccn(CC(=O)OC)c1)C(C)C. The van der Waals surface area contributed by atoms with E-state index in [1.54, 1.807) is 0 Å². The van der Waals surface area contributed by atoms with Crippen LogP contribution in [0.2, 0.25) is 0 Å². The molecule has 1 N–H and O–H groups in total. The molecule has 0 aliphatic carbocycles. The highest BCUT2D eigenvalue weighted by Gasteiger charge is 2.16. The lowest BCUT2D eigenvalue weighted by atomic mass is 9.98. The Morgan fingerprint density at radius 3 is 2.78 bits per heavy atom. The van der Waals surface area contributed by atoms with Crippen LogP contribution >= 0.6 is 0 Å². The van der Waals surface area contributed by atoms with Crippen LogP contribution in [-0.2, 0) is 16.1 Å². The molecule has 18 heavy (non-hydrogen) atoms. The number of nitrogens with zero attached hydrogens (tertiary/aromatic N) is 1. The number of methoxy groups -OCH3 is 1. The number of carbonyl (C=O) groups is 1. The van der Waals surface area contributed by atoms with Gasteiger partial charge in [-0.3, -0.25) is 4.79 Å². The standard InChI is InChI=1S/C14H24N2O2/c1-5-7-15-14(11(2)3)12-6-8-16(9-12)10-13(17)18-4/h6,8-9,11,14-15H,5,7,10H2,1-4H3. The van der Waals surface area contributed by atoms with E-state index in [0.29, 0.717) is 12.0 Å². The highest BCUT2D eigenvalue weighted by atomic mass is 16.5. The Kier molecular flexibility index (Phi) is 5.92. The average Bonchev–Trinajstić information content (AvgIpc) is 2.77. The van der Waals surface area contributed by atoms with E-state index in [0.717, 1.165) is 13.0 Å². The first-order valence-electron chi connectivity index (χ1n) is 6.54. The van der Waals surface area contributed by atoms with Gasteiger partial charge in [0.1, 0.15) is 6.54 Å². The summed E-state index contributed by atoms with van der Waals surface area (Å²) in [4.78, 5) is 11.2. The zero-order valence-corrected chi connectivity index (χ0v) is 11.8. The lowest BCUT2D eigenvalue weighted by Crippen LogP contribution is -2.26. The fourth-order valence-corrected chi connectivity index (χ4v) is 1.99. The quantitative estimate of drug-likeness (QED) is 0.758. The summed E-state index contributed by atoms with van der Waals surface area (Å²) in [5, 5.41) is 3.54. The van der Waals surface area contributed by atoms with Crippen molar-refractivity contribution in [3.63, 3.8) is 0 Å². The van der Waals surface area contributed by atoms with Crippen molar-refractivity contribution >= 4 is 5.97 Å². The van der Waals surface area contributed by atoms with E-state index < -0.39 is 0 Å². The molecular formula is C14H24N2O2. The predicted octanol–water partition coefficient (Wildman–Crippen LogP) is 2.36. The third-order valence-corrected chi connectivity index (χ3v) is 2.95. The van der Waals surface area contributed by atoms with Crippen molar-refractivity contribution in [2.75, 3.05) is 13.7 Å². The van der Waals surface area contributed by atoms with E-state index in [4.69, 9.17) is 0 Å². The summed E-state index contributed by atoms with van der Waals surface area (Å²) in [6.45, 7) is 7.84. The van der Waals surface area contributed by atoms with E-state index in [2.05, 4.69) is 36.9 Å². The summed E-state index contributed by atoms with van der Waals surface area (Å²) in [6, 6.07) is 2.40. The first-order valence-corrected chi connectivity index (χ1v) is 6.54. The van der Waals surface area contributed by atoms with Crippen LogP contribution in [0.3, 0.4) is 0 Å². The van der Waals surface area contributed by atoms with Crippen molar-refractivity contribution in [2.45, 2.75) is 39.8 Å². The Morgan fingerprint density at radius 2 is 2.22 bits per heavy atom. The molecule has 0 aromatic carbocycles. The predicted molar refractivity (Wildman–Crippen MR) is 72.3 cm³/mol. The second-order valence-electron chi connectivity index (χ2n) is 4.87. The zero-order valence-electron chi connectivity index (χ0n) is 11.8. The van der Waals surface area contributed by atoms with Gasteiger partial charge in [0, 0.05) is 18.4 Å². The number of rotatable bonds is 7. The van der Waals surface area contributed by atoms with Crippen molar-refractivity contribution in [1.82, 2.24) is 9.88 Å². The molecule has 0 radical (unpaired) electrons. The van der Waals surface area contributed by atoms with Crippen molar-refractivity contribution in [1.29, 1.82) is 0 Å². The van der Waals surface area contributed by atoms with Crippen LogP contribution in [0.25, 0.3) is 0 Å². The molecule has 1 atom stereocenters. The van der Waals surface area contributed by atoms with Gasteiger partial charge in [-0.05, 0) is 30.5 Å². The average molecular weight is 252 g/mol. The fourth-order valence-electron chi connectivity index (χ4n) is 1.99. The molecule has 1 rings (SSSR count). The van der Waals surface area contributed by atoms with E-state index in [1.807, 2.05) is 17.0 Å². The van der Waals surface area contributed by atoms with Crippen LogP contribution in [0.15, 0.2) is 18.5 Å². The third-order valence-electron chi connectivity index (χ3n) is 2.95. The van der Waals surface area contributed by atoms with E-state index in [1.165, 1.54) is 12.7 Å². The largest absolute Gasteiger partial charge is 0.468 e. The monoisotopic (exact) mass is 252 g/mol. The van der Waals surface area contributed by atoms with Gasteiger partial charge < -0.3 is 14.6 Å². The molecule has 4 nitrogen and oxygen atoms in total. The van der Waals surface area contributed by atoms with Gasteiger partial charge in [0.05, 0.1) is 7.11 Å². The molecule has 1 heterocycles. The van der Waals surface area contributed by atoms with Crippen LogP contribution in [0.1, 0.15) is 38.8 Å². The Morgan fingerprint density at radius 1 is 1.50 bits per heavy atom. The molecule has 1 aromatic heterocycles. The van der Waals surface area contributed by atoms with Gasteiger partial charge in [0.15, 0.2) is 0 Å². The Labute approximate surface area is 109 Å². The van der Waals surface area contributed by atoms with Gasteiger partial charge in [0.2, 0.25) is 0 Å². The number of hydrogen-bond donors (Lipinski definition) is 1. The van der Waals surface area contributed by atoms with E-state index in [9.17, 15) is 4.79 Å². The summed E-state index contributed by atoms with van der Waals surface area (Å²) in [5.74, 6) is 0.297. The number of esters is 1. The van der Waals surface area contributed by atoms with Crippen LogP contribution in [0.4, 0.5) is 0 Å². The van der Waals surface area contributed by atoms with Crippen LogP contribution in [0, 0.1) is 5.92 Å². The first-order chi connectivity index (χ1) is 8.58. The molecule has 0 amide bonds. The molecular weight excluding hydrogens is 228 g/mol. The molecule has 102 valence electrons. The minimum atomic E-state index is -0.222. The maximum atomic E-state index is 11.2. The van der Waals surface area contributed by atoms with Crippen molar-refractivity contribution in [2.24, 2.45) is 5.92 Å². The number of carbonyl (C=O) groups excluding carboxylic acids is 1. The number of ether oxygens (including phenoxy) is 1. The van der Waals surface area contributed by atoms with E-state index >= 15 is 0 Å². The summed E-state index contributed by atoms with van der Waals surface area (Å²) < 4.78 is 6.53. The Balaban J connectivity index is 2.71. The second kappa shape index (κ2) is 7.21. The molecule has 4 heteroatoms. The van der Waals surface area contributed by atoms with Crippen molar-refractivity contribution in [3.8, 4) is 0 Å². The minimum Gasteiger partial charge on any atom is -0.468 e. The second-order valence-corrected chi connectivity index (χ2v) is 4.87. The minimum absolute atomic E-state index is 0.222. The van der Waals surface area contributed by atoms with Gasteiger partial charge in [-0.2, -0.15) is 0 Å². The number of nitrogens with one attached hydrogen (secondary N) is 1. The topological polar surface area (TPSA) is 43.3 Å². The number of aromatic nitrogens is 1. The highest BCUT2D eigenvalue weighted by Crippen LogP contribution is 2.21. The van der Waals surface area contributed by atoms with Gasteiger partial charge in [-0.15, -0.1) is 0 Å². The van der Waals surface area contributed by atoms with Crippen LogP contribution < -0.4 is 5.32 Å². The van der Waals surface area contributed by atoms with Crippen molar-refractivity contribution in [3.05, 3.63) is 24.0 Å². The summed E-state index contributed by atoms with van der Waals surface area (Å²) in [7, 11) is 1.41. The lowest BCUT2D eigenvalue weighted by molar-refractivity contribution is -0.141. The summed E-state index contributed by atoms with van der Waals surface area (Å²) in [6.07, 6.45) is 5.06. The van der Waals surface area contributed by atoms with Crippen LogP contribution in [0.5, 0.6) is 0 Å². The van der Waals surface area contributed by atoms with Gasteiger partial charge in [0.25, 0.3) is 0 Å². The molecule has 0 aliphatic rings. The first kappa shape index (κ1) is 14.8. The van der Waals surface area contributed by atoms with Gasteiger partial charge in [-0.25, -0.2) is 0 Å². The molecule has 0 saturated carbocycles. The van der Waals surface area contributed by atoms with E-state index in [-0.39, 0.29) is 12.5 Å². The van der Waals surface area contributed by atoms with Crippen LogP contribution in [-0.4, -0.2) is 24.2 Å². The lowest BCUT2D eigenvalue weighted by Gasteiger charge is -2.21. The third kappa shape index (κ3) is 4.18. The Bertz CT molecular complexity index is 372. The van der Waals surface area contributed by atoms with Gasteiger partial charge >= 0.3 is 5.97 Å². The zero-order chi connectivity index (χ0) is 13.5.